The van der Waals surface area contributed by atoms with E-state index in [4.69, 9.17) is 14.2 Å². The molecule has 1 aromatic heterocycles. The molecular formula is C23H26N2O3. The minimum absolute atomic E-state index is 0.442. The molecule has 3 aromatic rings. The molecule has 5 nitrogen and oxygen atoms in total. The Balaban J connectivity index is 1.60. The minimum Gasteiger partial charge on any atom is -0.497 e. The summed E-state index contributed by atoms with van der Waals surface area (Å²) in [5.41, 5.74) is 3.40. The lowest BCUT2D eigenvalue weighted by molar-refractivity contribution is 0.214. The number of pyridine rings is 1. The molecule has 0 saturated heterocycles. The molecule has 0 radical (unpaired) electrons. The van der Waals surface area contributed by atoms with E-state index in [0.717, 1.165) is 34.2 Å². The van der Waals surface area contributed by atoms with Gasteiger partial charge in [0.25, 0.3) is 0 Å². The third-order valence-electron chi connectivity index (χ3n) is 4.55. The van der Waals surface area contributed by atoms with Crippen molar-refractivity contribution in [2.24, 2.45) is 0 Å². The fraction of sp³-hybridized carbons (Fsp3) is 0.261. The quantitative estimate of drug-likeness (QED) is 0.543. The molecular weight excluding hydrogens is 352 g/mol. The number of benzene rings is 2. The van der Waals surface area contributed by atoms with Gasteiger partial charge in [0.1, 0.15) is 36.3 Å². The van der Waals surface area contributed by atoms with Crippen molar-refractivity contribution >= 4 is 5.82 Å². The van der Waals surface area contributed by atoms with Crippen molar-refractivity contribution in [2.45, 2.75) is 20.4 Å². The van der Waals surface area contributed by atoms with Crippen molar-refractivity contribution in [1.29, 1.82) is 0 Å². The molecule has 0 bridgehead atoms. The molecule has 0 aliphatic heterocycles. The average Bonchev–Trinajstić information content (AvgIpc) is 2.73. The van der Waals surface area contributed by atoms with Crippen molar-refractivity contribution in [2.75, 3.05) is 25.6 Å². The molecule has 5 heteroatoms. The van der Waals surface area contributed by atoms with Crippen LogP contribution in [-0.2, 0) is 6.54 Å². The van der Waals surface area contributed by atoms with Crippen LogP contribution < -0.4 is 19.5 Å². The summed E-state index contributed by atoms with van der Waals surface area (Å²) in [6.07, 6.45) is 1.76. The summed E-state index contributed by atoms with van der Waals surface area (Å²) in [6, 6.07) is 17.7. The van der Waals surface area contributed by atoms with Gasteiger partial charge in [0.05, 0.1) is 7.11 Å². The van der Waals surface area contributed by atoms with E-state index in [9.17, 15) is 0 Å². The van der Waals surface area contributed by atoms with Crippen molar-refractivity contribution in [3.05, 3.63) is 77.5 Å². The normalized spacial score (nSPS) is 10.4. The van der Waals surface area contributed by atoms with Gasteiger partial charge in [-0.3, -0.25) is 0 Å². The van der Waals surface area contributed by atoms with Crippen molar-refractivity contribution in [3.63, 3.8) is 0 Å². The van der Waals surface area contributed by atoms with Crippen molar-refractivity contribution < 1.29 is 14.2 Å². The molecule has 3 rings (SSSR count). The second-order valence-electron chi connectivity index (χ2n) is 6.44. The Morgan fingerprint density at radius 3 is 2.46 bits per heavy atom. The second-order valence-corrected chi connectivity index (χ2v) is 6.44. The molecule has 2 aromatic carbocycles. The number of ether oxygens (including phenoxy) is 3. The Kier molecular flexibility index (Phi) is 6.73. The van der Waals surface area contributed by atoms with Crippen molar-refractivity contribution in [3.8, 4) is 17.2 Å². The van der Waals surface area contributed by atoms with Gasteiger partial charge < -0.3 is 19.5 Å². The van der Waals surface area contributed by atoms with Crippen LogP contribution in [0.1, 0.15) is 16.7 Å². The summed E-state index contributed by atoms with van der Waals surface area (Å²) < 4.78 is 17.2. The maximum absolute atomic E-state index is 5.99. The molecule has 1 heterocycles. The van der Waals surface area contributed by atoms with Gasteiger partial charge >= 0.3 is 0 Å². The van der Waals surface area contributed by atoms with Gasteiger partial charge in [-0.25, -0.2) is 4.98 Å². The molecule has 0 saturated carbocycles. The van der Waals surface area contributed by atoms with Crippen LogP contribution in [0.5, 0.6) is 17.2 Å². The number of nitrogens with one attached hydrogen (secondary N) is 1. The highest BCUT2D eigenvalue weighted by molar-refractivity contribution is 5.44. The molecule has 28 heavy (non-hydrogen) atoms. The summed E-state index contributed by atoms with van der Waals surface area (Å²) in [7, 11) is 1.65. The first-order valence-electron chi connectivity index (χ1n) is 9.31. The number of hydrogen-bond donors (Lipinski definition) is 1. The average molecular weight is 378 g/mol. The SMILES string of the molecule is COc1ccc(CNc2ccccn2)c(OCCOc2cccc(C)c2C)c1. The standard InChI is InChI=1S/C23H26N2O3/c1-17-7-6-8-21(18(17)2)27-13-14-28-22-15-20(26-3)11-10-19(22)16-25-23-9-4-5-12-24-23/h4-12,15H,13-14,16H2,1-3H3,(H,24,25). The molecule has 0 amide bonds. The van der Waals surface area contributed by atoms with Crippen LogP contribution in [0.3, 0.4) is 0 Å². The first kappa shape index (κ1) is 19.5. The summed E-state index contributed by atoms with van der Waals surface area (Å²) in [5.74, 6) is 3.24. The molecule has 0 atom stereocenters. The van der Waals surface area contributed by atoms with Gasteiger partial charge in [0.2, 0.25) is 0 Å². The van der Waals surface area contributed by atoms with E-state index in [0.29, 0.717) is 19.8 Å². The molecule has 0 unspecified atom stereocenters. The number of rotatable bonds is 9. The summed E-state index contributed by atoms with van der Waals surface area (Å²) in [6.45, 7) is 5.66. The molecule has 0 aliphatic rings. The molecule has 0 fully saturated rings. The fourth-order valence-corrected chi connectivity index (χ4v) is 2.78. The van der Waals surface area contributed by atoms with Gasteiger partial charge in [-0.15, -0.1) is 0 Å². The minimum atomic E-state index is 0.442. The van der Waals surface area contributed by atoms with Crippen LogP contribution in [0, 0.1) is 13.8 Å². The zero-order valence-corrected chi connectivity index (χ0v) is 16.6. The molecule has 0 aliphatic carbocycles. The summed E-state index contributed by atoms with van der Waals surface area (Å²) in [4.78, 5) is 4.28. The van der Waals surface area contributed by atoms with Gasteiger partial charge in [0, 0.05) is 24.4 Å². The molecule has 1 N–H and O–H groups in total. The van der Waals surface area contributed by atoms with Crippen LogP contribution in [0.15, 0.2) is 60.8 Å². The van der Waals surface area contributed by atoms with E-state index in [1.807, 2.05) is 48.5 Å². The zero-order chi connectivity index (χ0) is 19.8. The highest BCUT2D eigenvalue weighted by Gasteiger charge is 2.08. The Morgan fingerprint density at radius 2 is 1.71 bits per heavy atom. The topological polar surface area (TPSA) is 52.6 Å². The lowest BCUT2D eigenvalue weighted by Crippen LogP contribution is -2.12. The first-order valence-corrected chi connectivity index (χ1v) is 9.31. The lowest BCUT2D eigenvalue weighted by Gasteiger charge is -2.15. The number of methoxy groups -OCH3 is 1. The van der Waals surface area contributed by atoms with Gasteiger partial charge in [-0.2, -0.15) is 0 Å². The zero-order valence-electron chi connectivity index (χ0n) is 16.6. The Morgan fingerprint density at radius 1 is 0.893 bits per heavy atom. The van der Waals surface area contributed by atoms with Crippen LogP contribution in [0.2, 0.25) is 0 Å². The third-order valence-corrected chi connectivity index (χ3v) is 4.55. The maximum atomic E-state index is 5.99. The van der Waals surface area contributed by atoms with E-state index in [1.165, 1.54) is 5.56 Å². The summed E-state index contributed by atoms with van der Waals surface area (Å²) in [5, 5.41) is 3.31. The predicted octanol–water partition coefficient (Wildman–Crippen LogP) is 4.78. The fourth-order valence-electron chi connectivity index (χ4n) is 2.78. The highest BCUT2D eigenvalue weighted by Crippen LogP contribution is 2.26. The lowest BCUT2D eigenvalue weighted by atomic mass is 10.1. The highest BCUT2D eigenvalue weighted by atomic mass is 16.5. The van der Waals surface area contributed by atoms with E-state index < -0.39 is 0 Å². The summed E-state index contributed by atoms with van der Waals surface area (Å²) >= 11 is 0. The second kappa shape index (κ2) is 9.65. The van der Waals surface area contributed by atoms with E-state index in [-0.39, 0.29) is 0 Å². The Bertz CT molecular complexity index is 898. The number of anilines is 1. The van der Waals surface area contributed by atoms with Crippen molar-refractivity contribution in [1.82, 2.24) is 4.98 Å². The largest absolute Gasteiger partial charge is 0.497 e. The van der Waals surface area contributed by atoms with Gasteiger partial charge in [-0.05, 0) is 55.3 Å². The van der Waals surface area contributed by atoms with Crippen LogP contribution in [0.25, 0.3) is 0 Å². The van der Waals surface area contributed by atoms with E-state index in [1.54, 1.807) is 13.3 Å². The number of hydrogen-bond acceptors (Lipinski definition) is 5. The molecule has 0 spiro atoms. The predicted molar refractivity (Wildman–Crippen MR) is 111 cm³/mol. The van der Waals surface area contributed by atoms with E-state index in [2.05, 4.69) is 30.2 Å². The monoisotopic (exact) mass is 378 g/mol. The Hall–Kier alpha value is -3.21. The van der Waals surface area contributed by atoms with E-state index >= 15 is 0 Å². The smallest absolute Gasteiger partial charge is 0.128 e. The van der Waals surface area contributed by atoms with Crippen LogP contribution in [-0.4, -0.2) is 25.3 Å². The van der Waals surface area contributed by atoms with Crippen LogP contribution in [0.4, 0.5) is 5.82 Å². The third kappa shape index (κ3) is 5.16. The number of nitrogens with zero attached hydrogens (tertiary/aromatic N) is 1. The first-order chi connectivity index (χ1) is 13.7. The van der Waals surface area contributed by atoms with Gasteiger partial charge in [-0.1, -0.05) is 18.2 Å². The van der Waals surface area contributed by atoms with Crippen LogP contribution >= 0.6 is 0 Å². The Labute approximate surface area is 166 Å². The molecule has 146 valence electrons. The number of aromatic nitrogens is 1. The maximum Gasteiger partial charge on any atom is 0.128 e. The number of aryl methyl sites for hydroxylation is 1. The van der Waals surface area contributed by atoms with Gasteiger partial charge in [0.15, 0.2) is 0 Å².